The highest BCUT2D eigenvalue weighted by Crippen LogP contribution is 2.25. The lowest BCUT2D eigenvalue weighted by Crippen LogP contribution is -2.25. The molecule has 136 valence electrons. The Kier molecular flexibility index (Phi) is 8.43. The van der Waals surface area contributed by atoms with E-state index in [0.717, 1.165) is 12.0 Å². The summed E-state index contributed by atoms with van der Waals surface area (Å²) in [7, 11) is 0. The number of nitrogens with one attached hydrogen (secondary N) is 1. The monoisotopic (exact) mass is 335 g/mol. The number of carbonyl (C=O) groups is 1. The summed E-state index contributed by atoms with van der Waals surface area (Å²) in [6.07, 6.45) is 1.19. The Morgan fingerprint density at radius 1 is 1.21 bits per heavy atom. The Morgan fingerprint density at radius 3 is 2.38 bits per heavy atom. The van der Waals surface area contributed by atoms with Crippen LogP contribution in [0, 0.1) is 0 Å². The van der Waals surface area contributed by atoms with Gasteiger partial charge in [0.15, 0.2) is 0 Å². The summed E-state index contributed by atoms with van der Waals surface area (Å²) in [5.74, 6) is -0.0232. The minimum Gasteiger partial charge on any atom is -0.388 e. The number of aliphatic hydroxyl groups excluding tert-OH is 1. The number of amides is 1. The van der Waals surface area contributed by atoms with Gasteiger partial charge in [0.2, 0.25) is 5.91 Å². The third kappa shape index (κ3) is 7.93. The smallest absolute Gasteiger partial charge is 0.220 e. The van der Waals surface area contributed by atoms with Crippen molar-refractivity contribution in [2.45, 2.75) is 71.5 Å². The van der Waals surface area contributed by atoms with Crippen LogP contribution in [0.1, 0.15) is 71.1 Å². The molecule has 1 rings (SSSR count). The molecule has 0 fully saturated rings. The van der Waals surface area contributed by atoms with Crippen molar-refractivity contribution in [2.24, 2.45) is 0 Å². The fraction of sp³-hybridized carbons (Fsp3) is 0.650. The predicted molar refractivity (Wildman–Crippen MR) is 98.1 cm³/mol. The molecule has 1 amide bonds. The van der Waals surface area contributed by atoms with Gasteiger partial charge in [-0.25, -0.2) is 0 Å². The molecule has 0 unspecified atom stereocenters. The van der Waals surface area contributed by atoms with Crippen LogP contribution in [0.3, 0.4) is 0 Å². The summed E-state index contributed by atoms with van der Waals surface area (Å²) in [5.41, 5.74) is 2.20. The molecule has 0 aliphatic heterocycles. The standard InChI is InChI=1S/C20H33NO3/c1-15(2)24-14-6-13-21-19(23)12-11-18(22)16-7-9-17(10-8-16)20(3,4)5/h7-10,15,18,22H,6,11-14H2,1-5H3,(H,21,23)/t18-/m0/s1. The van der Waals surface area contributed by atoms with Crippen molar-refractivity contribution in [1.29, 1.82) is 0 Å². The molecule has 0 radical (unpaired) electrons. The number of ether oxygens (including phenoxy) is 1. The van der Waals surface area contributed by atoms with Crippen molar-refractivity contribution in [3.63, 3.8) is 0 Å². The van der Waals surface area contributed by atoms with Gasteiger partial charge in [-0.1, -0.05) is 45.0 Å². The van der Waals surface area contributed by atoms with E-state index in [2.05, 4.69) is 26.1 Å². The van der Waals surface area contributed by atoms with E-state index < -0.39 is 6.10 Å². The van der Waals surface area contributed by atoms with E-state index in [1.54, 1.807) is 0 Å². The van der Waals surface area contributed by atoms with E-state index in [4.69, 9.17) is 4.74 Å². The maximum atomic E-state index is 11.8. The van der Waals surface area contributed by atoms with Gasteiger partial charge in [0.1, 0.15) is 0 Å². The second kappa shape index (κ2) is 9.80. The van der Waals surface area contributed by atoms with Crippen molar-refractivity contribution in [1.82, 2.24) is 5.32 Å². The molecule has 2 N–H and O–H groups in total. The average Bonchev–Trinajstić information content (AvgIpc) is 2.51. The lowest BCUT2D eigenvalue weighted by atomic mass is 9.86. The minimum atomic E-state index is -0.603. The number of carbonyl (C=O) groups excluding carboxylic acids is 1. The Bertz CT molecular complexity index is 489. The molecule has 0 saturated heterocycles. The van der Waals surface area contributed by atoms with Gasteiger partial charge in [-0.15, -0.1) is 0 Å². The van der Waals surface area contributed by atoms with E-state index in [1.807, 2.05) is 38.1 Å². The maximum Gasteiger partial charge on any atom is 0.220 e. The molecular weight excluding hydrogens is 302 g/mol. The van der Waals surface area contributed by atoms with Gasteiger partial charge in [0, 0.05) is 19.6 Å². The molecule has 0 aliphatic carbocycles. The average molecular weight is 335 g/mol. The molecule has 4 nitrogen and oxygen atoms in total. The SMILES string of the molecule is CC(C)OCCCNC(=O)CC[C@H](O)c1ccc(C(C)(C)C)cc1. The summed E-state index contributed by atoms with van der Waals surface area (Å²) in [4.78, 5) is 11.8. The number of rotatable bonds is 9. The first kappa shape index (κ1) is 20.7. The summed E-state index contributed by atoms with van der Waals surface area (Å²) in [6, 6.07) is 8.00. The Morgan fingerprint density at radius 2 is 1.83 bits per heavy atom. The molecule has 1 atom stereocenters. The molecule has 0 heterocycles. The molecule has 1 aromatic rings. The van der Waals surface area contributed by atoms with Crippen molar-refractivity contribution in [3.05, 3.63) is 35.4 Å². The van der Waals surface area contributed by atoms with Gasteiger partial charge in [-0.3, -0.25) is 4.79 Å². The molecular formula is C20H33NO3. The van der Waals surface area contributed by atoms with Gasteiger partial charge >= 0.3 is 0 Å². The van der Waals surface area contributed by atoms with E-state index in [0.29, 0.717) is 26.0 Å². The first-order valence-corrected chi connectivity index (χ1v) is 8.87. The highest BCUT2D eigenvalue weighted by molar-refractivity contribution is 5.75. The lowest BCUT2D eigenvalue weighted by molar-refractivity contribution is -0.121. The molecule has 1 aromatic carbocycles. The quantitative estimate of drug-likeness (QED) is 0.676. The maximum absolute atomic E-state index is 11.8. The molecule has 0 bridgehead atoms. The van der Waals surface area contributed by atoms with Gasteiger partial charge in [-0.2, -0.15) is 0 Å². The Balaban J connectivity index is 2.30. The summed E-state index contributed by atoms with van der Waals surface area (Å²) >= 11 is 0. The van der Waals surface area contributed by atoms with Crippen LogP contribution in [0.4, 0.5) is 0 Å². The first-order valence-electron chi connectivity index (χ1n) is 8.87. The number of hydrogen-bond acceptors (Lipinski definition) is 3. The summed E-state index contributed by atoms with van der Waals surface area (Å²) in [6.45, 7) is 11.7. The van der Waals surface area contributed by atoms with Crippen molar-refractivity contribution >= 4 is 5.91 Å². The van der Waals surface area contributed by atoms with Gasteiger partial charge in [0.25, 0.3) is 0 Å². The Labute approximate surface area is 146 Å². The van der Waals surface area contributed by atoms with Gasteiger partial charge in [-0.05, 0) is 43.2 Å². The lowest BCUT2D eigenvalue weighted by Gasteiger charge is -2.20. The van der Waals surface area contributed by atoms with Crippen molar-refractivity contribution in [3.8, 4) is 0 Å². The molecule has 4 heteroatoms. The van der Waals surface area contributed by atoms with E-state index in [9.17, 15) is 9.90 Å². The van der Waals surface area contributed by atoms with Crippen LogP contribution in [0.25, 0.3) is 0 Å². The highest BCUT2D eigenvalue weighted by Gasteiger charge is 2.15. The van der Waals surface area contributed by atoms with E-state index in [-0.39, 0.29) is 17.4 Å². The predicted octanol–water partition coefficient (Wildman–Crippen LogP) is 3.73. The Hall–Kier alpha value is -1.39. The fourth-order valence-electron chi connectivity index (χ4n) is 2.35. The third-order valence-electron chi connectivity index (χ3n) is 3.90. The molecule has 0 saturated carbocycles. The summed E-state index contributed by atoms with van der Waals surface area (Å²) < 4.78 is 5.42. The second-order valence-corrected chi connectivity index (χ2v) is 7.55. The normalized spacial score (nSPS) is 13.1. The molecule has 0 aliphatic rings. The highest BCUT2D eigenvalue weighted by atomic mass is 16.5. The van der Waals surface area contributed by atoms with Crippen LogP contribution in [0.5, 0.6) is 0 Å². The van der Waals surface area contributed by atoms with Gasteiger partial charge in [0.05, 0.1) is 12.2 Å². The van der Waals surface area contributed by atoms with E-state index >= 15 is 0 Å². The molecule has 0 aromatic heterocycles. The van der Waals surface area contributed by atoms with Crippen LogP contribution in [-0.2, 0) is 14.9 Å². The van der Waals surface area contributed by atoms with Crippen LogP contribution >= 0.6 is 0 Å². The number of hydrogen-bond donors (Lipinski definition) is 2. The van der Waals surface area contributed by atoms with Crippen molar-refractivity contribution < 1.29 is 14.6 Å². The van der Waals surface area contributed by atoms with Crippen molar-refractivity contribution in [2.75, 3.05) is 13.2 Å². The third-order valence-corrected chi connectivity index (χ3v) is 3.90. The largest absolute Gasteiger partial charge is 0.388 e. The second-order valence-electron chi connectivity index (χ2n) is 7.55. The van der Waals surface area contributed by atoms with E-state index in [1.165, 1.54) is 5.56 Å². The zero-order chi connectivity index (χ0) is 18.2. The fourth-order valence-corrected chi connectivity index (χ4v) is 2.35. The van der Waals surface area contributed by atoms with Crippen LogP contribution < -0.4 is 5.32 Å². The molecule has 24 heavy (non-hydrogen) atoms. The van der Waals surface area contributed by atoms with Gasteiger partial charge < -0.3 is 15.2 Å². The molecule has 0 spiro atoms. The minimum absolute atomic E-state index is 0.0232. The number of benzene rings is 1. The zero-order valence-corrected chi connectivity index (χ0v) is 15.8. The topological polar surface area (TPSA) is 58.6 Å². The number of aliphatic hydroxyl groups is 1. The first-order chi connectivity index (χ1) is 11.2. The van der Waals surface area contributed by atoms with Crippen LogP contribution in [0.15, 0.2) is 24.3 Å². The van der Waals surface area contributed by atoms with Crippen LogP contribution in [0.2, 0.25) is 0 Å². The zero-order valence-electron chi connectivity index (χ0n) is 15.8. The summed E-state index contributed by atoms with van der Waals surface area (Å²) in [5, 5.41) is 13.1. The van der Waals surface area contributed by atoms with Crippen LogP contribution in [-0.4, -0.2) is 30.3 Å².